The number of carbonyl (C=O) groups is 3. The molecule has 28 heavy (non-hydrogen) atoms. The summed E-state index contributed by atoms with van der Waals surface area (Å²) in [6, 6.07) is -1.26. The lowest BCUT2D eigenvalue weighted by molar-refractivity contribution is -0.148. The van der Waals surface area contributed by atoms with Gasteiger partial charge in [-0.3, -0.25) is 24.0 Å². The first-order valence-electron chi connectivity index (χ1n) is 8.21. The lowest BCUT2D eigenvalue weighted by Gasteiger charge is -2.20. The molecule has 0 unspecified atom stereocenters. The van der Waals surface area contributed by atoms with Crippen LogP contribution in [0.1, 0.15) is 26.3 Å². The maximum atomic E-state index is 12.1. The van der Waals surface area contributed by atoms with E-state index < -0.39 is 54.0 Å². The van der Waals surface area contributed by atoms with Gasteiger partial charge in [-0.05, 0) is 27.7 Å². The molecule has 156 valence electrons. The van der Waals surface area contributed by atoms with Crippen molar-refractivity contribution in [3.05, 3.63) is 32.6 Å². The molecule has 1 aromatic rings. The van der Waals surface area contributed by atoms with E-state index in [-0.39, 0.29) is 5.56 Å². The van der Waals surface area contributed by atoms with Gasteiger partial charge in [-0.1, -0.05) is 0 Å². The zero-order valence-electron chi connectivity index (χ0n) is 16.3. The van der Waals surface area contributed by atoms with Gasteiger partial charge >= 0.3 is 17.8 Å². The molecule has 0 saturated heterocycles. The number of esters is 1. The van der Waals surface area contributed by atoms with Gasteiger partial charge in [-0.2, -0.15) is 5.48 Å². The van der Waals surface area contributed by atoms with E-state index in [2.05, 4.69) is 15.0 Å². The molecule has 0 aliphatic rings. The summed E-state index contributed by atoms with van der Waals surface area (Å²) in [7, 11) is 1.11. The maximum Gasteiger partial charge on any atom is 0.431 e. The molecule has 1 atom stereocenters. The summed E-state index contributed by atoms with van der Waals surface area (Å²) < 4.78 is 10.5. The average Bonchev–Trinajstić information content (AvgIpc) is 2.56. The van der Waals surface area contributed by atoms with Crippen molar-refractivity contribution >= 4 is 18.0 Å². The molecule has 0 radical (unpaired) electrons. The maximum absolute atomic E-state index is 12.1. The third kappa shape index (κ3) is 7.61. The van der Waals surface area contributed by atoms with Gasteiger partial charge in [0.1, 0.15) is 18.8 Å². The fraction of sp³-hybridized carbons (Fsp3) is 0.562. The number of methoxy groups -OCH3 is 1. The number of aromatic nitrogens is 2. The Labute approximate surface area is 160 Å². The van der Waals surface area contributed by atoms with Crippen LogP contribution in [0.3, 0.4) is 0 Å². The molecular formula is C16H24N4O8. The second-order valence-electron chi connectivity index (χ2n) is 6.76. The standard InChI is InChI=1S/C16H24N4O8/c1-9-6-20(14(24)18-12(9)22)7-11(21)17-10(13(23)26-5)8-27-19-15(25)28-16(2,3)4/h6,10H,7-8H2,1-5H3,(H,17,21)(H,19,25)(H,18,22,24)/t10-/m0/s1. The molecule has 12 nitrogen and oxygen atoms in total. The average molecular weight is 400 g/mol. The van der Waals surface area contributed by atoms with Crippen LogP contribution < -0.4 is 22.0 Å². The molecule has 1 rings (SSSR count). The summed E-state index contributed by atoms with van der Waals surface area (Å²) in [6.45, 7) is 5.54. The van der Waals surface area contributed by atoms with E-state index in [4.69, 9.17) is 9.57 Å². The number of hydroxylamine groups is 1. The number of aromatic amines is 1. The number of hydrogen-bond donors (Lipinski definition) is 3. The van der Waals surface area contributed by atoms with Crippen LogP contribution in [0.5, 0.6) is 0 Å². The number of ether oxygens (including phenoxy) is 2. The van der Waals surface area contributed by atoms with E-state index in [0.717, 1.165) is 11.7 Å². The predicted molar refractivity (Wildman–Crippen MR) is 95.3 cm³/mol. The number of aryl methyl sites for hydroxylation is 1. The van der Waals surface area contributed by atoms with Crippen LogP contribution >= 0.6 is 0 Å². The Hall–Kier alpha value is -3.15. The number of nitrogens with one attached hydrogen (secondary N) is 3. The van der Waals surface area contributed by atoms with Gasteiger partial charge in [-0.15, -0.1) is 0 Å². The summed E-state index contributed by atoms with van der Waals surface area (Å²) in [5.74, 6) is -1.55. The number of rotatable bonds is 7. The first-order valence-corrected chi connectivity index (χ1v) is 8.21. The molecule has 0 saturated carbocycles. The van der Waals surface area contributed by atoms with E-state index >= 15 is 0 Å². The third-order valence-corrected chi connectivity index (χ3v) is 3.13. The molecule has 0 spiro atoms. The summed E-state index contributed by atoms with van der Waals surface area (Å²) in [5.41, 5.74) is 0.138. The first kappa shape index (κ1) is 22.9. The highest BCUT2D eigenvalue weighted by molar-refractivity contribution is 5.84. The normalized spacial score (nSPS) is 12.0. The molecule has 12 heteroatoms. The van der Waals surface area contributed by atoms with Crippen LogP contribution in [0.2, 0.25) is 0 Å². The molecule has 0 aliphatic heterocycles. The van der Waals surface area contributed by atoms with Crippen LogP contribution in [0.15, 0.2) is 15.8 Å². The summed E-state index contributed by atoms with van der Waals surface area (Å²) >= 11 is 0. The number of amides is 2. The molecule has 0 bridgehead atoms. The molecule has 0 aromatic carbocycles. The third-order valence-electron chi connectivity index (χ3n) is 3.13. The topological polar surface area (TPSA) is 158 Å². The van der Waals surface area contributed by atoms with Gasteiger partial charge < -0.3 is 14.8 Å². The first-order chi connectivity index (χ1) is 12.9. The highest BCUT2D eigenvalue weighted by Crippen LogP contribution is 2.06. The van der Waals surface area contributed by atoms with E-state index in [0.29, 0.717) is 0 Å². The number of H-pyrrole nitrogens is 1. The van der Waals surface area contributed by atoms with Gasteiger partial charge in [0.25, 0.3) is 5.56 Å². The Morgan fingerprint density at radius 2 is 1.89 bits per heavy atom. The fourth-order valence-corrected chi connectivity index (χ4v) is 1.92. The van der Waals surface area contributed by atoms with Crippen LogP contribution in [0.4, 0.5) is 4.79 Å². The zero-order chi connectivity index (χ0) is 21.5. The van der Waals surface area contributed by atoms with E-state index in [1.165, 1.54) is 13.1 Å². The minimum atomic E-state index is -1.26. The molecule has 3 N–H and O–H groups in total. The summed E-state index contributed by atoms with van der Waals surface area (Å²) in [5, 5.41) is 2.32. The minimum absolute atomic E-state index is 0.238. The number of nitrogens with zero attached hydrogens (tertiary/aromatic N) is 1. The zero-order valence-corrected chi connectivity index (χ0v) is 16.3. The Balaban J connectivity index is 2.68. The van der Waals surface area contributed by atoms with Crippen molar-refractivity contribution in [1.82, 2.24) is 20.3 Å². The van der Waals surface area contributed by atoms with Gasteiger partial charge in [-0.25, -0.2) is 14.4 Å². The summed E-state index contributed by atoms with van der Waals surface area (Å²) in [4.78, 5) is 65.4. The molecule has 0 fully saturated rings. The van der Waals surface area contributed by atoms with Crippen molar-refractivity contribution in [3.63, 3.8) is 0 Å². The van der Waals surface area contributed by atoms with Crippen LogP contribution in [-0.2, 0) is 30.4 Å². The Kier molecular flexibility index (Phi) is 7.92. The lowest BCUT2D eigenvalue weighted by atomic mass is 10.2. The predicted octanol–water partition coefficient (Wildman–Crippen LogP) is -1.04. The van der Waals surface area contributed by atoms with Crippen molar-refractivity contribution in [2.24, 2.45) is 0 Å². The van der Waals surface area contributed by atoms with Crippen molar-refractivity contribution in [2.45, 2.75) is 45.9 Å². The Morgan fingerprint density at radius 1 is 1.25 bits per heavy atom. The highest BCUT2D eigenvalue weighted by atomic mass is 16.7. The van der Waals surface area contributed by atoms with Gasteiger partial charge in [0.05, 0.1) is 7.11 Å². The van der Waals surface area contributed by atoms with Crippen molar-refractivity contribution in [3.8, 4) is 0 Å². The van der Waals surface area contributed by atoms with Crippen molar-refractivity contribution < 1.29 is 28.7 Å². The number of hydrogen-bond acceptors (Lipinski definition) is 8. The van der Waals surface area contributed by atoms with Gasteiger partial charge in [0, 0.05) is 11.8 Å². The van der Waals surface area contributed by atoms with Crippen LogP contribution in [-0.4, -0.2) is 52.9 Å². The minimum Gasteiger partial charge on any atom is -0.467 e. The van der Waals surface area contributed by atoms with Crippen LogP contribution in [0.25, 0.3) is 0 Å². The summed E-state index contributed by atoms with van der Waals surface area (Å²) in [6.07, 6.45) is 0.340. The lowest BCUT2D eigenvalue weighted by Crippen LogP contribution is -2.48. The SMILES string of the molecule is COC(=O)[C@H](CONC(=O)OC(C)(C)C)NC(=O)Cn1cc(C)c(=O)[nH]c1=O. The monoisotopic (exact) mass is 400 g/mol. The van der Waals surface area contributed by atoms with Gasteiger partial charge in [0.15, 0.2) is 6.04 Å². The van der Waals surface area contributed by atoms with E-state index in [1.807, 2.05) is 5.48 Å². The van der Waals surface area contributed by atoms with E-state index in [1.54, 1.807) is 20.8 Å². The molecule has 2 amide bonds. The Morgan fingerprint density at radius 3 is 2.46 bits per heavy atom. The molecule has 0 aliphatic carbocycles. The molecular weight excluding hydrogens is 376 g/mol. The Bertz CT molecular complexity index is 836. The highest BCUT2D eigenvalue weighted by Gasteiger charge is 2.23. The number of carbonyl (C=O) groups excluding carboxylic acids is 3. The van der Waals surface area contributed by atoms with Crippen molar-refractivity contribution in [1.29, 1.82) is 0 Å². The second kappa shape index (κ2) is 9.69. The second-order valence-corrected chi connectivity index (χ2v) is 6.76. The quantitative estimate of drug-likeness (QED) is 0.387. The van der Waals surface area contributed by atoms with Gasteiger partial charge in [0.2, 0.25) is 5.91 Å². The smallest absolute Gasteiger partial charge is 0.431 e. The van der Waals surface area contributed by atoms with Crippen molar-refractivity contribution in [2.75, 3.05) is 13.7 Å². The van der Waals surface area contributed by atoms with E-state index in [9.17, 15) is 24.0 Å². The molecule has 1 aromatic heterocycles. The fourth-order valence-electron chi connectivity index (χ4n) is 1.92. The van der Waals surface area contributed by atoms with Crippen LogP contribution in [0, 0.1) is 6.92 Å². The molecule has 1 heterocycles. The largest absolute Gasteiger partial charge is 0.467 e.